The average molecular weight is 367 g/mol. The zero-order valence-corrected chi connectivity index (χ0v) is 14.6. The molecule has 0 saturated heterocycles. The van der Waals surface area contributed by atoms with E-state index >= 15 is 0 Å². The van der Waals surface area contributed by atoms with Crippen LogP contribution in [-0.4, -0.2) is 15.9 Å². The van der Waals surface area contributed by atoms with Gasteiger partial charge in [0.05, 0.1) is 22.7 Å². The molecule has 0 spiro atoms. The quantitative estimate of drug-likeness (QED) is 0.578. The Morgan fingerprint density at radius 1 is 1.16 bits per heavy atom. The summed E-state index contributed by atoms with van der Waals surface area (Å²) in [6.07, 6.45) is 0. The van der Waals surface area contributed by atoms with Crippen LogP contribution in [0.3, 0.4) is 0 Å². The summed E-state index contributed by atoms with van der Waals surface area (Å²) in [5.41, 5.74) is 1.52. The van der Waals surface area contributed by atoms with Gasteiger partial charge in [-0.05, 0) is 17.5 Å². The highest BCUT2D eigenvalue weighted by atomic mass is 32.1. The first-order valence-electron chi connectivity index (χ1n) is 7.59. The zero-order chi connectivity index (χ0) is 17.2. The molecule has 3 aromatic heterocycles. The lowest BCUT2D eigenvalue weighted by Gasteiger charge is -2.06. The standard InChI is InChI=1S/C18H13N3O2S2/c22-16-8-13(12-4-1-2-5-14(12)21-16)17(23)19-9-11-10-25-18(20-11)15-6-3-7-24-15/h1-8,10H,9H2,(H,19,23)(H,21,22). The molecule has 0 radical (unpaired) electrons. The molecule has 1 aromatic carbocycles. The van der Waals surface area contributed by atoms with Gasteiger partial charge < -0.3 is 10.3 Å². The zero-order valence-electron chi connectivity index (χ0n) is 13.0. The van der Waals surface area contributed by atoms with Crippen molar-refractivity contribution in [2.75, 3.05) is 0 Å². The summed E-state index contributed by atoms with van der Waals surface area (Å²) in [4.78, 5) is 32.7. The molecule has 3 heterocycles. The van der Waals surface area contributed by atoms with Gasteiger partial charge in [0.15, 0.2) is 0 Å². The van der Waals surface area contributed by atoms with E-state index in [9.17, 15) is 9.59 Å². The van der Waals surface area contributed by atoms with Crippen LogP contribution < -0.4 is 10.9 Å². The number of para-hydroxylation sites is 1. The van der Waals surface area contributed by atoms with Gasteiger partial charge in [0.1, 0.15) is 5.01 Å². The number of nitrogens with zero attached hydrogens (tertiary/aromatic N) is 1. The van der Waals surface area contributed by atoms with E-state index < -0.39 is 0 Å². The topological polar surface area (TPSA) is 74.8 Å². The number of carbonyl (C=O) groups excluding carboxylic acids is 1. The first kappa shape index (κ1) is 15.7. The van der Waals surface area contributed by atoms with Crippen LogP contribution in [0, 0.1) is 0 Å². The second kappa shape index (κ2) is 6.62. The van der Waals surface area contributed by atoms with Gasteiger partial charge in [-0.3, -0.25) is 9.59 Å². The smallest absolute Gasteiger partial charge is 0.252 e. The van der Waals surface area contributed by atoms with Crippen molar-refractivity contribution in [3.8, 4) is 9.88 Å². The summed E-state index contributed by atoms with van der Waals surface area (Å²) in [5, 5.41) is 8.46. The fourth-order valence-corrected chi connectivity index (χ4v) is 4.19. The predicted octanol–water partition coefficient (Wildman–Crippen LogP) is 3.64. The molecule has 0 atom stereocenters. The van der Waals surface area contributed by atoms with E-state index in [0.717, 1.165) is 21.0 Å². The van der Waals surface area contributed by atoms with E-state index in [1.54, 1.807) is 28.7 Å². The number of carbonyl (C=O) groups is 1. The summed E-state index contributed by atoms with van der Waals surface area (Å²) < 4.78 is 0. The largest absolute Gasteiger partial charge is 0.346 e. The third-order valence-corrected chi connectivity index (χ3v) is 5.64. The SMILES string of the molecule is O=C(NCc1csc(-c2cccs2)n1)c1cc(=O)[nH]c2ccccc12. The van der Waals surface area contributed by atoms with E-state index in [1.165, 1.54) is 6.07 Å². The van der Waals surface area contributed by atoms with Crippen molar-refractivity contribution in [1.82, 2.24) is 15.3 Å². The van der Waals surface area contributed by atoms with Crippen molar-refractivity contribution in [1.29, 1.82) is 0 Å². The first-order chi connectivity index (χ1) is 12.2. The van der Waals surface area contributed by atoms with Crippen molar-refractivity contribution >= 4 is 39.5 Å². The number of thiophene rings is 1. The molecule has 4 aromatic rings. The molecule has 5 nitrogen and oxygen atoms in total. The second-order valence-corrected chi connectivity index (χ2v) is 7.20. The van der Waals surface area contributed by atoms with Gasteiger partial charge >= 0.3 is 0 Å². The van der Waals surface area contributed by atoms with Crippen LogP contribution in [0.15, 0.2) is 58.0 Å². The van der Waals surface area contributed by atoms with Gasteiger partial charge in [0.25, 0.3) is 5.91 Å². The van der Waals surface area contributed by atoms with Crippen molar-refractivity contribution in [2.45, 2.75) is 6.54 Å². The number of benzene rings is 1. The number of nitrogens with one attached hydrogen (secondary N) is 2. The minimum Gasteiger partial charge on any atom is -0.346 e. The highest BCUT2D eigenvalue weighted by molar-refractivity contribution is 7.20. The minimum atomic E-state index is -0.294. The van der Waals surface area contributed by atoms with Crippen LogP contribution in [-0.2, 0) is 6.54 Å². The third kappa shape index (κ3) is 3.24. The number of rotatable bonds is 4. The van der Waals surface area contributed by atoms with Crippen LogP contribution >= 0.6 is 22.7 Å². The van der Waals surface area contributed by atoms with Gasteiger partial charge in [0, 0.05) is 22.3 Å². The van der Waals surface area contributed by atoms with Gasteiger partial charge in [-0.1, -0.05) is 24.3 Å². The fourth-order valence-electron chi connectivity index (χ4n) is 2.56. The maximum Gasteiger partial charge on any atom is 0.252 e. The number of aromatic amines is 1. The molecule has 0 aliphatic rings. The summed E-state index contributed by atoms with van der Waals surface area (Å²) >= 11 is 3.19. The van der Waals surface area contributed by atoms with Crippen molar-refractivity contribution in [2.24, 2.45) is 0 Å². The van der Waals surface area contributed by atoms with Gasteiger partial charge in [-0.25, -0.2) is 4.98 Å². The van der Waals surface area contributed by atoms with Crippen molar-refractivity contribution in [3.63, 3.8) is 0 Å². The molecule has 25 heavy (non-hydrogen) atoms. The Labute approximate surface area is 151 Å². The van der Waals surface area contributed by atoms with Gasteiger partial charge in [0.2, 0.25) is 5.56 Å². The van der Waals surface area contributed by atoms with E-state index in [-0.39, 0.29) is 11.5 Å². The van der Waals surface area contributed by atoms with Crippen LogP contribution in [0.25, 0.3) is 20.8 Å². The lowest BCUT2D eigenvalue weighted by molar-refractivity contribution is 0.0952. The molecular weight excluding hydrogens is 354 g/mol. The molecule has 1 amide bonds. The monoisotopic (exact) mass is 367 g/mol. The maximum atomic E-state index is 12.5. The Hall–Kier alpha value is -2.77. The van der Waals surface area contributed by atoms with E-state index in [1.807, 2.05) is 41.1 Å². The molecule has 124 valence electrons. The molecule has 0 aliphatic carbocycles. The number of aromatic nitrogens is 2. The molecule has 2 N–H and O–H groups in total. The lowest BCUT2D eigenvalue weighted by atomic mass is 10.1. The lowest BCUT2D eigenvalue weighted by Crippen LogP contribution is -2.25. The number of hydrogen-bond donors (Lipinski definition) is 2. The molecule has 4 rings (SSSR count). The Morgan fingerprint density at radius 3 is 2.88 bits per heavy atom. The van der Waals surface area contributed by atoms with E-state index in [4.69, 9.17) is 0 Å². The molecule has 0 bridgehead atoms. The van der Waals surface area contributed by atoms with Crippen LogP contribution in [0.4, 0.5) is 0 Å². The highest BCUT2D eigenvalue weighted by Gasteiger charge is 2.12. The number of hydrogen-bond acceptors (Lipinski definition) is 5. The van der Waals surface area contributed by atoms with Crippen LogP contribution in [0.1, 0.15) is 16.1 Å². The Bertz CT molecular complexity index is 1100. The van der Waals surface area contributed by atoms with E-state index in [2.05, 4.69) is 15.3 Å². The molecule has 0 aliphatic heterocycles. The summed E-state index contributed by atoms with van der Waals surface area (Å²) in [7, 11) is 0. The number of H-pyrrole nitrogens is 1. The van der Waals surface area contributed by atoms with Crippen LogP contribution in [0.5, 0.6) is 0 Å². The Morgan fingerprint density at radius 2 is 2.04 bits per heavy atom. The number of fused-ring (bicyclic) bond motifs is 1. The third-order valence-electron chi connectivity index (χ3n) is 3.71. The predicted molar refractivity (Wildman–Crippen MR) is 101 cm³/mol. The molecular formula is C18H13N3O2S2. The Kier molecular flexibility index (Phi) is 4.17. The summed E-state index contributed by atoms with van der Waals surface area (Å²) in [6, 6.07) is 12.6. The first-order valence-corrected chi connectivity index (χ1v) is 9.35. The molecule has 0 fully saturated rings. The molecule has 7 heteroatoms. The minimum absolute atomic E-state index is 0.284. The number of thiazole rings is 1. The van der Waals surface area contributed by atoms with Crippen molar-refractivity contribution < 1.29 is 4.79 Å². The average Bonchev–Trinajstić information content (AvgIpc) is 3.30. The number of amides is 1. The molecule has 0 saturated carbocycles. The van der Waals surface area contributed by atoms with E-state index in [0.29, 0.717) is 17.6 Å². The van der Waals surface area contributed by atoms with Crippen LogP contribution in [0.2, 0.25) is 0 Å². The highest BCUT2D eigenvalue weighted by Crippen LogP contribution is 2.27. The van der Waals surface area contributed by atoms with Gasteiger partial charge in [-0.2, -0.15) is 0 Å². The summed E-state index contributed by atoms with van der Waals surface area (Å²) in [5.74, 6) is -0.284. The normalized spacial score (nSPS) is 10.9. The Balaban J connectivity index is 1.54. The van der Waals surface area contributed by atoms with Gasteiger partial charge in [-0.15, -0.1) is 22.7 Å². The maximum absolute atomic E-state index is 12.5. The summed E-state index contributed by atoms with van der Waals surface area (Å²) in [6.45, 7) is 0.321. The van der Waals surface area contributed by atoms with Crippen molar-refractivity contribution in [3.05, 3.63) is 74.8 Å². The second-order valence-electron chi connectivity index (χ2n) is 5.40. The fraction of sp³-hybridized carbons (Fsp3) is 0.0556. The number of pyridine rings is 1. The molecule has 0 unspecified atom stereocenters.